The van der Waals surface area contributed by atoms with Gasteiger partial charge in [0.2, 0.25) is 12.7 Å². The molecule has 0 unspecified atom stereocenters. The zero-order valence-corrected chi connectivity index (χ0v) is 11.9. The minimum absolute atomic E-state index is 0.894. The van der Waals surface area contributed by atoms with E-state index in [1.807, 2.05) is 25.0 Å². The van der Waals surface area contributed by atoms with Crippen LogP contribution in [-0.4, -0.2) is 9.97 Å². The van der Waals surface area contributed by atoms with Gasteiger partial charge < -0.3 is 0 Å². The van der Waals surface area contributed by atoms with Crippen LogP contribution >= 0.6 is 0 Å². The van der Waals surface area contributed by atoms with Gasteiger partial charge in [-0.25, -0.2) is 9.13 Å². The summed E-state index contributed by atoms with van der Waals surface area (Å²) in [5, 5.41) is 0. The summed E-state index contributed by atoms with van der Waals surface area (Å²) in [5.74, 6) is 0. The number of benzene rings is 1. The molecule has 0 atom stereocenters. The van der Waals surface area contributed by atoms with Gasteiger partial charge in [-0.3, -0.25) is 9.97 Å². The molecule has 20 heavy (non-hydrogen) atoms. The van der Waals surface area contributed by atoms with Crippen molar-refractivity contribution in [1.29, 1.82) is 0 Å². The Labute approximate surface area is 118 Å². The largest absolute Gasteiger partial charge is 0.250 e. The maximum absolute atomic E-state index is 3.10. The average Bonchev–Trinajstić information content (AvgIpc) is 3.11. The minimum atomic E-state index is 0.894. The topological polar surface area (TPSA) is 39.3 Å². The Bertz CT molecular complexity index is 682. The summed E-state index contributed by atoms with van der Waals surface area (Å²) in [6, 6.07) is 4.45. The van der Waals surface area contributed by atoms with E-state index in [2.05, 4.69) is 57.5 Å². The number of H-pyrrole nitrogens is 2. The second-order valence-electron chi connectivity index (χ2n) is 5.21. The first kappa shape index (κ1) is 12.7. The number of aryl methyl sites for hydroxylation is 1. The molecule has 2 aromatic heterocycles. The molecule has 4 nitrogen and oxygen atoms in total. The summed E-state index contributed by atoms with van der Waals surface area (Å²) in [4.78, 5) is 6.20. The lowest BCUT2D eigenvalue weighted by molar-refractivity contribution is -0.692. The summed E-state index contributed by atoms with van der Waals surface area (Å²) in [6.07, 6.45) is 12.0. The van der Waals surface area contributed by atoms with E-state index in [0.717, 1.165) is 13.1 Å². The highest BCUT2D eigenvalue weighted by Gasteiger charge is 2.13. The SMILES string of the molecule is Cc1ccc(C[n+]2cc[nH]c2)c(C[n+]2cc[nH]c2)c1C. The fraction of sp³-hybridized carbons (Fsp3) is 0.250. The molecule has 2 heterocycles. The molecule has 0 bridgehead atoms. The number of aromatic nitrogens is 4. The predicted octanol–water partition coefficient (Wildman–Crippen LogP) is 1.63. The smallest absolute Gasteiger partial charge is 0.241 e. The number of imidazole rings is 2. The van der Waals surface area contributed by atoms with E-state index >= 15 is 0 Å². The zero-order valence-electron chi connectivity index (χ0n) is 11.9. The van der Waals surface area contributed by atoms with Gasteiger partial charge in [0, 0.05) is 11.1 Å². The van der Waals surface area contributed by atoms with Crippen molar-refractivity contribution in [2.45, 2.75) is 26.9 Å². The van der Waals surface area contributed by atoms with Gasteiger partial charge in [-0.2, -0.15) is 0 Å². The third-order valence-corrected chi connectivity index (χ3v) is 3.87. The second kappa shape index (κ2) is 5.33. The van der Waals surface area contributed by atoms with Crippen molar-refractivity contribution in [3.63, 3.8) is 0 Å². The Kier molecular flexibility index (Phi) is 3.37. The number of hydrogen-bond acceptors (Lipinski definition) is 0. The molecule has 0 radical (unpaired) electrons. The summed E-state index contributed by atoms with van der Waals surface area (Å²) in [5.41, 5.74) is 5.50. The molecule has 0 amide bonds. The van der Waals surface area contributed by atoms with E-state index in [1.165, 1.54) is 22.3 Å². The van der Waals surface area contributed by atoms with Crippen molar-refractivity contribution in [2.24, 2.45) is 0 Å². The monoisotopic (exact) mass is 268 g/mol. The van der Waals surface area contributed by atoms with Gasteiger partial charge in [-0.05, 0) is 25.0 Å². The molecule has 0 aliphatic carbocycles. The van der Waals surface area contributed by atoms with Crippen LogP contribution < -0.4 is 9.13 Å². The van der Waals surface area contributed by atoms with Crippen molar-refractivity contribution < 1.29 is 9.13 Å². The molecule has 0 saturated carbocycles. The van der Waals surface area contributed by atoms with Crippen LogP contribution in [0, 0.1) is 13.8 Å². The molecule has 102 valence electrons. The minimum Gasteiger partial charge on any atom is -0.250 e. The number of aromatic amines is 2. The highest BCUT2D eigenvalue weighted by molar-refractivity contribution is 5.38. The molecule has 1 aromatic carbocycles. The van der Waals surface area contributed by atoms with Crippen molar-refractivity contribution in [3.05, 3.63) is 71.8 Å². The van der Waals surface area contributed by atoms with Gasteiger partial charge in [0.15, 0.2) is 0 Å². The fourth-order valence-corrected chi connectivity index (χ4v) is 2.52. The summed E-state index contributed by atoms with van der Waals surface area (Å²) >= 11 is 0. The molecule has 2 N–H and O–H groups in total. The fourth-order valence-electron chi connectivity index (χ4n) is 2.52. The number of nitrogens with one attached hydrogen (secondary N) is 2. The van der Waals surface area contributed by atoms with Crippen LogP contribution in [0.5, 0.6) is 0 Å². The van der Waals surface area contributed by atoms with Crippen LogP contribution in [0.1, 0.15) is 22.3 Å². The first-order chi connectivity index (χ1) is 9.74. The van der Waals surface area contributed by atoms with Crippen molar-refractivity contribution in [2.75, 3.05) is 0 Å². The molecule has 4 heteroatoms. The van der Waals surface area contributed by atoms with Crippen LogP contribution in [0.4, 0.5) is 0 Å². The lowest BCUT2D eigenvalue weighted by Crippen LogP contribution is -2.35. The van der Waals surface area contributed by atoms with Crippen molar-refractivity contribution in [3.8, 4) is 0 Å². The highest BCUT2D eigenvalue weighted by Crippen LogP contribution is 2.18. The molecule has 0 aliphatic heterocycles. The standard InChI is InChI=1S/C16H18N4/c1-13-3-4-15(9-19-7-5-17-11-19)16(14(13)2)10-20-8-6-18-12-20/h3-8,11-12H,9-10H2,1-2H3/p+2. The Morgan fingerprint density at radius 3 is 2.15 bits per heavy atom. The van der Waals surface area contributed by atoms with E-state index in [9.17, 15) is 0 Å². The third-order valence-electron chi connectivity index (χ3n) is 3.87. The molecule has 0 aliphatic rings. The third kappa shape index (κ3) is 2.50. The van der Waals surface area contributed by atoms with Crippen molar-refractivity contribution >= 4 is 0 Å². The van der Waals surface area contributed by atoms with E-state index in [1.54, 1.807) is 0 Å². The molecule has 0 fully saturated rings. The molecule has 3 rings (SSSR count). The molecule has 3 aromatic rings. The maximum Gasteiger partial charge on any atom is 0.241 e. The van der Waals surface area contributed by atoms with Crippen LogP contribution in [0.25, 0.3) is 0 Å². The predicted molar refractivity (Wildman–Crippen MR) is 76.1 cm³/mol. The highest BCUT2D eigenvalue weighted by atomic mass is 15.0. The van der Waals surface area contributed by atoms with E-state index in [4.69, 9.17) is 0 Å². The van der Waals surface area contributed by atoms with Gasteiger partial charge in [-0.15, -0.1) is 0 Å². The van der Waals surface area contributed by atoms with Gasteiger partial charge in [0.05, 0.1) is 0 Å². The molecule has 0 saturated heterocycles. The van der Waals surface area contributed by atoms with Crippen molar-refractivity contribution in [1.82, 2.24) is 9.97 Å². The van der Waals surface area contributed by atoms with Gasteiger partial charge in [0.25, 0.3) is 0 Å². The molecular weight excluding hydrogens is 248 g/mol. The summed E-state index contributed by atoms with van der Waals surface area (Å²) in [6.45, 7) is 6.18. The van der Waals surface area contributed by atoms with E-state index < -0.39 is 0 Å². The average molecular weight is 268 g/mol. The normalized spacial score (nSPS) is 10.9. The van der Waals surface area contributed by atoms with E-state index in [-0.39, 0.29) is 0 Å². The van der Waals surface area contributed by atoms with Crippen LogP contribution in [-0.2, 0) is 13.1 Å². The van der Waals surface area contributed by atoms with Gasteiger partial charge in [-0.1, -0.05) is 12.1 Å². The zero-order chi connectivity index (χ0) is 13.9. The first-order valence-electron chi connectivity index (χ1n) is 6.85. The summed E-state index contributed by atoms with van der Waals surface area (Å²) < 4.78 is 4.34. The molecule has 0 spiro atoms. The Morgan fingerprint density at radius 2 is 1.55 bits per heavy atom. The van der Waals surface area contributed by atoms with Crippen LogP contribution in [0.3, 0.4) is 0 Å². The number of hydrogen-bond donors (Lipinski definition) is 2. The molecular formula is C16H20N4+2. The van der Waals surface area contributed by atoms with Crippen LogP contribution in [0.2, 0.25) is 0 Å². The second-order valence-corrected chi connectivity index (χ2v) is 5.21. The van der Waals surface area contributed by atoms with Gasteiger partial charge >= 0.3 is 0 Å². The lowest BCUT2D eigenvalue weighted by Gasteiger charge is -2.12. The Balaban J connectivity index is 1.98. The number of rotatable bonds is 4. The Morgan fingerprint density at radius 1 is 0.900 bits per heavy atom. The van der Waals surface area contributed by atoms with Gasteiger partial charge in [0.1, 0.15) is 37.9 Å². The first-order valence-corrected chi connectivity index (χ1v) is 6.85. The quantitative estimate of drug-likeness (QED) is 0.675. The lowest BCUT2D eigenvalue weighted by atomic mass is 9.97. The van der Waals surface area contributed by atoms with Crippen LogP contribution in [0.15, 0.2) is 49.6 Å². The number of nitrogens with zero attached hydrogens (tertiary/aromatic N) is 2. The van der Waals surface area contributed by atoms with E-state index in [0.29, 0.717) is 0 Å². The Hall–Kier alpha value is -2.36. The summed E-state index contributed by atoms with van der Waals surface area (Å²) in [7, 11) is 0. The maximum atomic E-state index is 3.10.